The molecule has 5 nitrogen and oxygen atoms in total. The van der Waals surface area contributed by atoms with Crippen molar-refractivity contribution < 1.29 is 9.32 Å². The van der Waals surface area contributed by atoms with Gasteiger partial charge in [0.25, 0.3) is 5.91 Å². The minimum Gasteiger partial charge on any atom is -0.351 e. The van der Waals surface area contributed by atoms with Crippen molar-refractivity contribution in [1.29, 1.82) is 0 Å². The van der Waals surface area contributed by atoms with E-state index in [-0.39, 0.29) is 11.7 Å². The summed E-state index contributed by atoms with van der Waals surface area (Å²) in [6.07, 6.45) is 0.681. The zero-order valence-corrected chi connectivity index (χ0v) is 14.2. The summed E-state index contributed by atoms with van der Waals surface area (Å²) in [5, 5.41) is 7.69. The van der Waals surface area contributed by atoms with Gasteiger partial charge in [-0.2, -0.15) is 0 Å². The lowest BCUT2D eigenvalue weighted by atomic mass is 10.1. The first-order valence-electron chi connectivity index (χ1n) is 6.97. The van der Waals surface area contributed by atoms with E-state index in [2.05, 4.69) is 15.5 Å². The Morgan fingerprint density at radius 3 is 2.83 bits per heavy atom. The molecule has 0 aliphatic heterocycles. The highest BCUT2D eigenvalue weighted by Crippen LogP contribution is 2.28. The topological polar surface area (TPSA) is 68.0 Å². The molecule has 1 amide bonds. The van der Waals surface area contributed by atoms with E-state index < -0.39 is 0 Å². The van der Waals surface area contributed by atoms with E-state index in [1.165, 1.54) is 11.3 Å². The zero-order chi connectivity index (χ0) is 16.4. The molecule has 3 rings (SSSR count). The third-order valence-corrected chi connectivity index (χ3v) is 4.72. The number of nitrogens with one attached hydrogen (secondary N) is 1. The monoisotopic (exact) mass is 347 g/mol. The molecule has 2 heterocycles. The van der Waals surface area contributed by atoms with Gasteiger partial charge in [-0.1, -0.05) is 35.0 Å². The fourth-order valence-electron chi connectivity index (χ4n) is 2.09. The summed E-state index contributed by atoms with van der Waals surface area (Å²) in [5.41, 5.74) is 2.56. The van der Waals surface area contributed by atoms with Crippen molar-refractivity contribution in [3.8, 4) is 0 Å². The van der Waals surface area contributed by atoms with Gasteiger partial charge in [0.1, 0.15) is 0 Å². The van der Waals surface area contributed by atoms with Gasteiger partial charge in [0.15, 0.2) is 5.13 Å². The quantitative estimate of drug-likeness (QED) is 0.766. The summed E-state index contributed by atoms with van der Waals surface area (Å²) < 4.78 is 4.94. The van der Waals surface area contributed by atoms with Gasteiger partial charge in [-0.25, -0.2) is 4.98 Å². The van der Waals surface area contributed by atoms with Crippen LogP contribution in [0.2, 0.25) is 5.02 Å². The van der Waals surface area contributed by atoms with Crippen molar-refractivity contribution in [2.75, 3.05) is 5.32 Å². The van der Waals surface area contributed by atoms with Crippen LogP contribution in [0.4, 0.5) is 5.13 Å². The predicted molar refractivity (Wildman–Crippen MR) is 90.3 cm³/mol. The molecule has 2 aromatic heterocycles. The van der Waals surface area contributed by atoms with Gasteiger partial charge in [-0.05, 0) is 25.5 Å². The molecule has 1 N–H and O–H groups in total. The van der Waals surface area contributed by atoms with Crippen LogP contribution in [0.5, 0.6) is 0 Å². The van der Waals surface area contributed by atoms with Crippen LogP contribution in [-0.4, -0.2) is 16.0 Å². The van der Waals surface area contributed by atoms with E-state index >= 15 is 0 Å². The number of nitrogens with zero attached hydrogens (tertiary/aromatic N) is 2. The molecule has 0 unspecified atom stereocenters. The van der Waals surface area contributed by atoms with Crippen molar-refractivity contribution in [1.82, 2.24) is 10.1 Å². The van der Waals surface area contributed by atoms with Gasteiger partial charge in [0.2, 0.25) is 5.76 Å². The van der Waals surface area contributed by atoms with Crippen LogP contribution in [0.25, 0.3) is 0 Å². The Morgan fingerprint density at radius 1 is 1.35 bits per heavy atom. The van der Waals surface area contributed by atoms with Crippen molar-refractivity contribution >= 4 is 34.0 Å². The Kier molecular flexibility index (Phi) is 4.45. The number of halogens is 1. The molecule has 1 aromatic carbocycles. The lowest BCUT2D eigenvalue weighted by Crippen LogP contribution is -2.10. The number of benzene rings is 1. The standard InChI is InChI=1S/C16H14ClN3O2S/c1-9-7-13(22-20-9)15(21)19-16-18-10(2)14(23-16)8-11-5-3-4-6-12(11)17/h3-7H,8H2,1-2H3,(H,18,19,21). The minimum absolute atomic E-state index is 0.169. The van der Waals surface area contributed by atoms with Crippen LogP contribution in [0, 0.1) is 13.8 Å². The molecule has 0 atom stereocenters. The molecular formula is C16H14ClN3O2S. The molecule has 0 radical (unpaired) electrons. The van der Waals surface area contributed by atoms with E-state index in [9.17, 15) is 4.79 Å². The zero-order valence-electron chi connectivity index (χ0n) is 12.6. The average molecular weight is 348 g/mol. The second-order valence-corrected chi connectivity index (χ2v) is 6.57. The Hall–Kier alpha value is -2.18. The van der Waals surface area contributed by atoms with E-state index in [1.807, 2.05) is 31.2 Å². The lowest BCUT2D eigenvalue weighted by Gasteiger charge is -2.02. The first-order chi connectivity index (χ1) is 11.0. The number of hydrogen-bond acceptors (Lipinski definition) is 5. The molecule has 7 heteroatoms. The van der Waals surface area contributed by atoms with Crippen LogP contribution < -0.4 is 5.32 Å². The Bertz CT molecular complexity index is 857. The highest BCUT2D eigenvalue weighted by molar-refractivity contribution is 7.15. The van der Waals surface area contributed by atoms with E-state index in [4.69, 9.17) is 16.1 Å². The van der Waals surface area contributed by atoms with Crippen LogP contribution in [0.15, 0.2) is 34.9 Å². The van der Waals surface area contributed by atoms with Crippen LogP contribution in [0.3, 0.4) is 0 Å². The summed E-state index contributed by atoms with van der Waals surface area (Å²) in [6.45, 7) is 3.67. The number of carbonyl (C=O) groups is 1. The van der Waals surface area contributed by atoms with E-state index in [0.29, 0.717) is 17.2 Å². The van der Waals surface area contributed by atoms with Crippen LogP contribution >= 0.6 is 22.9 Å². The number of anilines is 1. The Balaban J connectivity index is 1.76. The normalized spacial score (nSPS) is 10.7. The maximum Gasteiger partial charge on any atom is 0.296 e. The predicted octanol–water partition coefficient (Wildman–Crippen LogP) is 4.24. The molecular weight excluding hydrogens is 334 g/mol. The van der Waals surface area contributed by atoms with Crippen molar-refractivity contribution in [2.45, 2.75) is 20.3 Å². The van der Waals surface area contributed by atoms with Crippen LogP contribution in [-0.2, 0) is 6.42 Å². The first-order valence-corrected chi connectivity index (χ1v) is 8.17. The summed E-state index contributed by atoms with van der Waals surface area (Å²) in [4.78, 5) is 17.5. The lowest BCUT2D eigenvalue weighted by molar-refractivity contribution is 0.0988. The number of amides is 1. The summed E-state index contributed by atoms with van der Waals surface area (Å²) in [5.74, 6) is -0.188. The van der Waals surface area contributed by atoms with Gasteiger partial charge >= 0.3 is 0 Å². The molecule has 0 spiro atoms. The maximum absolute atomic E-state index is 12.1. The summed E-state index contributed by atoms with van der Waals surface area (Å²) >= 11 is 7.62. The van der Waals surface area contributed by atoms with E-state index in [0.717, 1.165) is 21.2 Å². The molecule has 118 valence electrons. The third-order valence-electron chi connectivity index (χ3n) is 3.27. The number of aryl methyl sites for hydroxylation is 2. The molecule has 0 bridgehead atoms. The smallest absolute Gasteiger partial charge is 0.296 e. The van der Waals surface area contributed by atoms with Gasteiger partial charge in [-0.15, -0.1) is 11.3 Å². The van der Waals surface area contributed by atoms with Crippen molar-refractivity contribution in [2.24, 2.45) is 0 Å². The number of thiazole rings is 1. The molecule has 0 saturated heterocycles. The van der Waals surface area contributed by atoms with Crippen molar-refractivity contribution in [3.63, 3.8) is 0 Å². The van der Waals surface area contributed by atoms with Gasteiger partial charge < -0.3 is 4.52 Å². The molecule has 0 saturated carbocycles. The van der Waals surface area contributed by atoms with Gasteiger partial charge in [0.05, 0.1) is 11.4 Å². The molecule has 3 aromatic rings. The largest absolute Gasteiger partial charge is 0.351 e. The SMILES string of the molecule is Cc1cc(C(=O)Nc2nc(C)c(Cc3ccccc3Cl)s2)on1. The molecule has 0 aliphatic rings. The highest BCUT2D eigenvalue weighted by atomic mass is 35.5. The summed E-state index contributed by atoms with van der Waals surface area (Å²) in [6, 6.07) is 9.28. The second kappa shape index (κ2) is 6.52. The first kappa shape index (κ1) is 15.7. The average Bonchev–Trinajstić information content (AvgIpc) is 3.08. The van der Waals surface area contributed by atoms with Gasteiger partial charge in [-0.3, -0.25) is 10.1 Å². The minimum atomic E-state index is -0.358. The fourth-order valence-corrected chi connectivity index (χ4v) is 3.27. The maximum atomic E-state index is 12.1. The third kappa shape index (κ3) is 3.60. The van der Waals surface area contributed by atoms with E-state index in [1.54, 1.807) is 13.0 Å². The number of aromatic nitrogens is 2. The number of rotatable bonds is 4. The summed E-state index contributed by atoms with van der Waals surface area (Å²) in [7, 11) is 0. The highest BCUT2D eigenvalue weighted by Gasteiger charge is 2.16. The van der Waals surface area contributed by atoms with Crippen molar-refractivity contribution in [3.05, 3.63) is 62.9 Å². The second-order valence-electron chi connectivity index (χ2n) is 5.08. The van der Waals surface area contributed by atoms with Crippen LogP contribution in [0.1, 0.15) is 32.4 Å². The number of hydrogen-bond donors (Lipinski definition) is 1. The Morgan fingerprint density at radius 2 is 2.13 bits per heavy atom. The molecule has 23 heavy (non-hydrogen) atoms. The number of carbonyl (C=O) groups excluding carboxylic acids is 1. The fraction of sp³-hybridized carbons (Fsp3) is 0.188. The Labute approximate surface area is 142 Å². The molecule has 0 fully saturated rings. The molecule has 0 aliphatic carbocycles. The van der Waals surface area contributed by atoms with Gasteiger partial charge in [0, 0.05) is 22.4 Å².